The van der Waals surface area contributed by atoms with Crippen molar-refractivity contribution in [3.63, 3.8) is 0 Å². The van der Waals surface area contributed by atoms with Crippen molar-refractivity contribution in [3.8, 4) is 0 Å². The largest absolute Gasteiger partial charge is 0.340 e. The molecular formula is C23H17N7OS. The number of carbonyl (C=O) groups is 1. The first-order valence-electron chi connectivity index (χ1n) is 9.75. The van der Waals surface area contributed by atoms with Gasteiger partial charge in [-0.2, -0.15) is 0 Å². The number of pyridine rings is 1. The summed E-state index contributed by atoms with van der Waals surface area (Å²) in [6.45, 7) is 0. The molecule has 0 bridgehead atoms. The van der Waals surface area contributed by atoms with E-state index >= 15 is 0 Å². The number of anilines is 5. The van der Waals surface area contributed by atoms with Gasteiger partial charge in [-0.1, -0.05) is 6.07 Å². The standard InChI is InChI=1S/C23H17N7OS/c31-23(15-4-9-18-19(11-15)32-14-27-18)29-17-7-5-16(6-8-17)28-21-12-22(26-13-25-21)30-20-3-1-2-10-24-20/h1-14H,(H,29,31)(H2,24,25,26,28,30). The first kappa shape index (κ1) is 19.6. The number of benzene rings is 2. The number of fused-ring (bicyclic) bond motifs is 1. The Morgan fingerprint density at radius 2 is 1.56 bits per heavy atom. The molecule has 1 amide bonds. The Labute approximate surface area is 187 Å². The van der Waals surface area contributed by atoms with Crippen LogP contribution < -0.4 is 16.0 Å². The van der Waals surface area contributed by atoms with E-state index in [1.165, 1.54) is 17.7 Å². The molecule has 5 rings (SSSR count). The predicted molar refractivity (Wildman–Crippen MR) is 127 cm³/mol. The lowest BCUT2D eigenvalue weighted by atomic mass is 10.2. The van der Waals surface area contributed by atoms with Crippen LogP contribution in [-0.2, 0) is 0 Å². The zero-order valence-electron chi connectivity index (χ0n) is 16.7. The van der Waals surface area contributed by atoms with E-state index in [1.807, 2.05) is 54.6 Å². The third-order valence-corrected chi connectivity index (χ3v) is 5.39. The Bertz CT molecular complexity index is 1370. The van der Waals surface area contributed by atoms with Crippen LogP contribution in [0.25, 0.3) is 10.2 Å². The normalized spacial score (nSPS) is 10.6. The molecule has 0 saturated heterocycles. The molecule has 2 aromatic carbocycles. The van der Waals surface area contributed by atoms with E-state index < -0.39 is 0 Å². The van der Waals surface area contributed by atoms with Crippen LogP contribution >= 0.6 is 11.3 Å². The minimum atomic E-state index is -0.165. The number of thiazole rings is 1. The van der Waals surface area contributed by atoms with Gasteiger partial charge in [0.1, 0.15) is 23.8 Å². The summed E-state index contributed by atoms with van der Waals surface area (Å²) in [7, 11) is 0. The predicted octanol–water partition coefficient (Wildman–Crippen LogP) is 5.22. The maximum atomic E-state index is 12.6. The molecule has 0 aliphatic heterocycles. The lowest BCUT2D eigenvalue weighted by molar-refractivity contribution is 0.102. The number of rotatable bonds is 6. The molecular weight excluding hydrogens is 422 g/mol. The summed E-state index contributed by atoms with van der Waals surface area (Å²) in [4.78, 5) is 29.5. The fourth-order valence-corrected chi connectivity index (χ4v) is 3.76. The second-order valence-corrected chi connectivity index (χ2v) is 7.71. The van der Waals surface area contributed by atoms with E-state index in [0.717, 1.165) is 15.9 Å². The smallest absolute Gasteiger partial charge is 0.255 e. The molecule has 3 aromatic heterocycles. The molecule has 0 unspecified atom stereocenters. The van der Waals surface area contributed by atoms with Gasteiger partial charge in [-0.3, -0.25) is 4.79 Å². The Hall–Kier alpha value is -4.37. The van der Waals surface area contributed by atoms with Crippen LogP contribution in [0.5, 0.6) is 0 Å². The molecule has 0 fully saturated rings. The fraction of sp³-hybridized carbons (Fsp3) is 0. The first-order valence-corrected chi connectivity index (χ1v) is 10.6. The molecule has 3 heterocycles. The highest BCUT2D eigenvalue weighted by atomic mass is 32.1. The van der Waals surface area contributed by atoms with Crippen LogP contribution in [0.2, 0.25) is 0 Å². The summed E-state index contributed by atoms with van der Waals surface area (Å²) >= 11 is 1.51. The van der Waals surface area contributed by atoms with E-state index in [9.17, 15) is 4.79 Å². The van der Waals surface area contributed by atoms with Crippen LogP contribution in [0, 0.1) is 0 Å². The van der Waals surface area contributed by atoms with Crippen LogP contribution in [-0.4, -0.2) is 25.8 Å². The van der Waals surface area contributed by atoms with Crippen molar-refractivity contribution < 1.29 is 4.79 Å². The SMILES string of the molecule is O=C(Nc1ccc(Nc2cc(Nc3ccccn3)ncn2)cc1)c1ccc2ncsc2c1. The van der Waals surface area contributed by atoms with Crippen molar-refractivity contribution in [3.05, 3.63) is 90.3 Å². The van der Waals surface area contributed by atoms with Gasteiger partial charge in [-0.25, -0.2) is 19.9 Å². The number of amides is 1. The van der Waals surface area contributed by atoms with E-state index in [0.29, 0.717) is 28.7 Å². The van der Waals surface area contributed by atoms with Gasteiger partial charge in [0.15, 0.2) is 0 Å². The minimum Gasteiger partial charge on any atom is -0.340 e. The average molecular weight is 440 g/mol. The Morgan fingerprint density at radius 1 is 0.750 bits per heavy atom. The van der Waals surface area contributed by atoms with Crippen molar-refractivity contribution in [2.24, 2.45) is 0 Å². The van der Waals surface area contributed by atoms with Gasteiger partial charge >= 0.3 is 0 Å². The molecule has 8 nitrogen and oxygen atoms in total. The molecule has 5 aromatic rings. The van der Waals surface area contributed by atoms with Crippen LogP contribution in [0.3, 0.4) is 0 Å². The Balaban J connectivity index is 1.24. The molecule has 0 aliphatic carbocycles. The second-order valence-electron chi connectivity index (χ2n) is 6.82. The van der Waals surface area contributed by atoms with Crippen molar-refractivity contribution >= 4 is 56.3 Å². The number of carbonyl (C=O) groups excluding carboxylic acids is 1. The molecule has 0 saturated carbocycles. The molecule has 9 heteroatoms. The maximum absolute atomic E-state index is 12.6. The van der Waals surface area contributed by atoms with E-state index in [-0.39, 0.29) is 5.91 Å². The van der Waals surface area contributed by atoms with Gasteiger partial charge in [0, 0.05) is 29.2 Å². The molecule has 0 radical (unpaired) electrons. The molecule has 0 spiro atoms. The fourth-order valence-electron chi connectivity index (χ4n) is 3.05. The molecule has 0 aliphatic rings. The minimum absolute atomic E-state index is 0.165. The van der Waals surface area contributed by atoms with Gasteiger partial charge < -0.3 is 16.0 Å². The molecule has 0 atom stereocenters. The number of hydrogen-bond acceptors (Lipinski definition) is 8. The number of hydrogen-bond donors (Lipinski definition) is 3. The van der Waals surface area contributed by atoms with Gasteiger partial charge in [0.25, 0.3) is 5.91 Å². The van der Waals surface area contributed by atoms with Gasteiger partial charge in [0.05, 0.1) is 15.7 Å². The maximum Gasteiger partial charge on any atom is 0.255 e. The van der Waals surface area contributed by atoms with Gasteiger partial charge in [-0.05, 0) is 54.6 Å². The average Bonchev–Trinajstić information content (AvgIpc) is 3.29. The topological polar surface area (TPSA) is 105 Å². The molecule has 32 heavy (non-hydrogen) atoms. The lowest BCUT2D eigenvalue weighted by Gasteiger charge is -2.10. The summed E-state index contributed by atoms with van der Waals surface area (Å²) < 4.78 is 0.985. The lowest BCUT2D eigenvalue weighted by Crippen LogP contribution is -2.11. The summed E-state index contributed by atoms with van der Waals surface area (Å²) in [5, 5.41) is 9.28. The number of nitrogens with one attached hydrogen (secondary N) is 3. The number of aromatic nitrogens is 4. The van der Waals surface area contributed by atoms with E-state index in [4.69, 9.17) is 0 Å². The zero-order valence-corrected chi connectivity index (χ0v) is 17.5. The van der Waals surface area contributed by atoms with Crippen LogP contribution in [0.1, 0.15) is 10.4 Å². The van der Waals surface area contributed by atoms with Gasteiger partial charge in [-0.15, -0.1) is 11.3 Å². The molecule has 3 N–H and O–H groups in total. The Kier molecular flexibility index (Phi) is 5.38. The third-order valence-electron chi connectivity index (χ3n) is 4.60. The second kappa shape index (κ2) is 8.78. The summed E-state index contributed by atoms with van der Waals surface area (Å²) in [5.74, 6) is 1.80. The van der Waals surface area contributed by atoms with Gasteiger partial charge in [0.2, 0.25) is 0 Å². The summed E-state index contributed by atoms with van der Waals surface area (Å²) in [5.41, 5.74) is 4.79. The van der Waals surface area contributed by atoms with E-state index in [2.05, 4.69) is 35.9 Å². The quantitative estimate of drug-likeness (QED) is 0.333. The Morgan fingerprint density at radius 3 is 2.38 bits per heavy atom. The summed E-state index contributed by atoms with van der Waals surface area (Å²) in [6.07, 6.45) is 3.18. The highest BCUT2D eigenvalue weighted by Crippen LogP contribution is 2.22. The monoisotopic (exact) mass is 439 g/mol. The van der Waals surface area contributed by atoms with Crippen LogP contribution in [0.4, 0.5) is 28.8 Å². The third kappa shape index (κ3) is 4.52. The van der Waals surface area contributed by atoms with Crippen LogP contribution in [0.15, 0.2) is 84.8 Å². The van der Waals surface area contributed by atoms with Crippen molar-refractivity contribution in [2.45, 2.75) is 0 Å². The van der Waals surface area contributed by atoms with E-state index in [1.54, 1.807) is 23.8 Å². The van der Waals surface area contributed by atoms with Crippen molar-refractivity contribution in [2.75, 3.05) is 16.0 Å². The zero-order chi connectivity index (χ0) is 21.8. The van der Waals surface area contributed by atoms with Crippen molar-refractivity contribution in [1.29, 1.82) is 0 Å². The summed E-state index contributed by atoms with van der Waals surface area (Å²) in [6, 6.07) is 20.3. The molecule has 156 valence electrons. The number of nitrogens with zero attached hydrogens (tertiary/aromatic N) is 4. The first-order chi connectivity index (χ1) is 15.7. The highest BCUT2D eigenvalue weighted by molar-refractivity contribution is 7.16. The highest BCUT2D eigenvalue weighted by Gasteiger charge is 2.08. The van der Waals surface area contributed by atoms with Crippen molar-refractivity contribution in [1.82, 2.24) is 19.9 Å².